The number of ether oxygens (including phenoxy) is 3. The Morgan fingerprint density at radius 3 is 2.60 bits per heavy atom. The average Bonchev–Trinajstić information content (AvgIpc) is 3.55. The summed E-state index contributed by atoms with van der Waals surface area (Å²) < 4.78 is 18.4. The van der Waals surface area contributed by atoms with E-state index in [1.807, 2.05) is 29.0 Å². The molecule has 0 aliphatic carbocycles. The van der Waals surface area contributed by atoms with Gasteiger partial charge in [-0.15, -0.1) is 0 Å². The topological polar surface area (TPSA) is 187 Å². The summed E-state index contributed by atoms with van der Waals surface area (Å²) in [6.07, 6.45) is 6.18. The molecule has 1 aliphatic heterocycles. The first-order valence-electron chi connectivity index (χ1n) is 12.5. The predicted molar refractivity (Wildman–Crippen MR) is 150 cm³/mol. The van der Waals surface area contributed by atoms with Crippen LogP contribution in [0, 0.1) is 0 Å². The molecule has 0 spiro atoms. The number of benzene rings is 1. The number of fused-ring (bicyclic) bond motifs is 1. The van der Waals surface area contributed by atoms with Crippen molar-refractivity contribution < 1.29 is 34.3 Å². The van der Waals surface area contributed by atoms with E-state index in [-0.39, 0.29) is 0 Å². The molecule has 2 atom stereocenters. The largest absolute Gasteiger partial charge is 0.497 e. The summed E-state index contributed by atoms with van der Waals surface area (Å²) in [5, 5.41) is 29.6. The van der Waals surface area contributed by atoms with Gasteiger partial charge in [0.2, 0.25) is 0 Å². The molecule has 40 heavy (non-hydrogen) atoms. The summed E-state index contributed by atoms with van der Waals surface area (Å²) in [4.78, 5) is 24.3. The Labute approximate surface area is 231 Å². The van der Waals surface area contributed by atoms with Crippen LogP contribution in [-0.2, 0) is 16.1 Å². The number of allylic oxidation sites excluding steroid dienone is 1. The number of carboxylic acids is 1. The molecule has 0 bridgehead atoms. The SMILES string of the molecule is CC(C)(O)O.CN=C/C=C(\N)c1cn(C2CCC(C(=O)O)O2)c2ncnc(NCc3ccc(OC)cc3OC)c12. The van der Waals surface area contributed by atoms with Crippen molar-refractivity contribution in [2.75, 3.05) is 26.6 Å². The van der Waals surface area contributed by atoms with Crippen LogP contribution < -0.4 is 20.5 Å². The Morgan fingerprint density at radius 2 is 2.00 bits per heavy atom. The van der Waals surface area contributed by atoms with Crippen LogP contribution in [0.25, 0.3) is 16.7 Å². The number of aliphatic imine (C=N–C) groups is 1. The summed E-state index contributed by atoms with van der Waals surface area (Å²) in [6.45, 7) is 3.02. The van der Waals surface area contributed by atoms with Gasteiger partial charge in [0.05, 0.1) is 19.6 Å². The molecule has 2 aromatic heterocycles. The Balaban J connectivity index is 0.000000810. The van der Waals surface area contributed by atoms with E-state index in [0.717, 1.165) is 5.56 Å². The zero-order chi connectivity index (χ0) is 29.4. The number of anilines is 1. The normalized spacial score (nSPS) is 17.5. The van der Waals surface area contributed by atoms with Crippen molar-refractivity contribution in [3.05, 3.63) is 47.9 Å². The molecule has 2 unspecified atom stereocenters. The highest BCUT2D eigenvalue weighted by molar-refractivity contribution is 6.00. The smallest absolute Gasteiger partial charge is 0.332 e. The molecule has 6 N–H and O–H groups in total. The second-order valence-corrected chi connectivity index (χ2v) is 9.42. The first kappa shape index (κ1) is 30.3. The van der Waals surface area contributed by atoms with Crippen LogP contribution in [0.15, 0.2) is 41.8 Å². The second kappa shape index (κ2) is 13.2. The highest BCUT2D eigenvalue weighted by Crippen LogP contribution is 2.36. The van der Waals surface area contributed by atoms with E-state index in [1.165, 1.54) is 20.2 Å². The van der Waals surface area contributed by atoms with Crippen molar-refractivity contribution in [2.24, 2.45) is 10.7 Å². The highest BCUT2D eigenvalue weighted by atomic mass is 16.5. The maximum atomic E-state index is 11.4. The molecular weight excluding hydrogens is 520 g/mol. The third kappa shape index (κ3) is 7.68. The Bertz CT molecular complexity index is 1370. The summed E-state index contributed by atoms with van der Waals surface area (Å²) in [5.74, 6) is -0.536. The summed E-state index contributed by atoms with van der Waals surface area (Å²) in [7, 11) is 4.86. The van der Waals surface area contributed by atoms with Gasteiger partial charge < -0.3 is 45.1 Å². The van der Waals surface area contributed by atoms with Crippen LogP contribution in [0.4, 0.5) is 5.82 Å². The fourth-order valence-corrected chi connectivity index (χ4v) is 4.08. The number of methoxy groups -OCH3 is 2. The molecule has 1 saturated heterocycles. The van der Waals surface area contributed by atoms with Crippen LogP contribution >= 0.6 is 0 Å². The van der Waals surface area contributed by atoms with E-state index in [9.17, 15) is 9.90 Å². The zero-order valence-electron chi connectivity index (χ0n) is 23.2. The lowest BCUT2D eigenvalue weighted by Gasteiger charge is -2.14. The van der Waals surface area contributed by atoms with Crippen LogP contribution in [0.2, 0.25) is 0 Å². The van der Waals surface area contributed by atoms with E-state index >= 15 is 0 Å². The molecule has 4 rings (SSSR count). The van der Waals surface area contributed by atoms with E-state index in [2.05, 4.69) is 20.3 Å². The lowest BCUT2D eigenvalue weighted by Crippen LogP contribution is -2.20. The first-order valence-corrected chi connectivity index (χ1v) is 12.5. The van der Waals surface area contributed by atoms with Gasteiger partial charge in [0, 0.05) is 48.9 Å². The minimum atomic E-state index is -1.50. The van der Waals surface area contributed by atoms with Crippen molar-refractivity contribution >= 4 is 34.7 Å². The van der Waals surface area contributed by atoms with Gasteiger partial charge in [0.15, 0.2) is 11.9 Å². The third-order valence-corrected chi connectivity index (χ3v) is 5.85. The minimum Gasteiger partial charge on any atom is -0.497 e. The van der Waals surface area contributed by atoms with Crippen molar-refractivity contribution in [1.82, 2.24) is 14.5 Å². The number of carbonyl (C=O) groups is 1. The number of aromatic nitrogens is 3. The molecule has 1 fully saturated rings. The molecular formula is C27H36N6O7. The van der Waals surface area contributed by atoms with Gasteiger partial charge in [0.1, 0.15) is 35.5 Å². The third-order valence-electron chi connectivity index (χ3n) is 5.85. The van der Waals surface area contributed by atoms with Crippen LogP contribution in [-0.4, -0.2) is 75.2 Å². The summed E-state index contributed by atoms with van der Waals surface area (Å²) >= 11 is 0. The number of aliphatic hydroxyl groups is 2. The molecule has 13 heteroatoms. The molecule has 13 nitrogen and oxygen atoms in total. The van der Waals surface area contributed by atoms with Crippen LogP contribution in [0.1, 0.15) is 44.0 Å². The number of nitrogens with two attached hydrogens (primary N) is 1. The second-order valence-electron chi connectivity index (χ2n) is 9.42. The molecule has 3 heterocycles. The maximum Gasteiger partial charge on any atom is 0.332 e. The zero-order valence-corrected chi connectivity index (χ0v) is 23.2. The molecule has 3 aromatic rings. The molecule has 0 amide bonds. The number of nitrogens with one attached hydrogen (secondary N) is 1. The first-order chi connectivity index (χ1) is 19.0. The summed E-state index contributed by atoms with van der Waals surface area (Å²) in [5.41, 5.74) is 9.04. The Morgan fingerprint density at radius 1 is 1.27 bits per heavy atom. The number of rotatable bonds is 9. The fraction of sp³-hybridized carbons (Fsp3) is 0.407. The number of hydrogen-bond donors (Lipinski definition) is 5. The van der Waals surface area contributed by atoms with Gasteiger partial charge in [-0.2, -0.15) is 0 Å². The van der Waals surface area contributed by atoms with E-state index in [4.69, 9.17) is 30.2 Å². The monoisotopic (exact) mass is 556 g/mol. The average molecular weight is 557 g/mol. The standard InChI is InChI=1S/C24H28N6O5.C3H8O2/c1-26-9-8-17(25)16-12-30(20-7-6-18(35-20)24(31)32)23-21(16)22(28-13-29-23)27-11-14-4-5-15(33-2)10-19(14)34-3;1-3(2,4)5/h4-5,8-10,12-13,18,20H,6-7,11,25H2,1-3H3,(H,31,32)(H,27,28,29);4-5H,1-2H3/b17-8-,26-9?;. The quantitative estimate of drug-likeness (QED) is 0.192. The number of hydrogen-bond acceptors (Lipinski definition) is 11. The maximum absolute atomic E-state index is 11.4. The number of carboxylic acid groups (broad SMARTS) is 1. The molecule has 0 saturated carbocycles. The lowest BCUT2D eigenvalue weighted by molar-refractivity contribution is -0.151. The Kier molecular flexibility index (Phi) is 10.0. The highest BCUT2D eigenvalue weighted by Gasteiger charge is 2.33. The predicted octanol–water partition coefficient (Wildman–Crippen LogP) is 2.53. The summed E-state index contributed by atoms with van der Waals surface area (Å²) in [6, 6.07) is 5.59. The molecule has 1 aromatic carbocycles. The van der Waals surface area contributed by atoms with Gasteiger partial charge in [-0.1, -0.05) is 0 Å². The van der Waals surface area contributed by atoms with Crippen molar-refractivity contribution in [3.63, 3.8) is 0 Å². The van der Waals surface area contributed by atoms with E-state index in [0.29, 0.717) is 59.0 Å². The van der Waals surface area contributed by atoms with Gasteiger partial charge in [0.25, 0.3) is 0 Å². The van der Waals surface area contributed by atoms with Crippen molar-refractivity contribution in [3.8, 4) is 11.5 Å². The van der Waals surface area contributed by atoms with E-state index < -0.39 is 24.1 Å². The Hall–Kier alpha value is -4.20. The van der Waals surface area contributed by atoms with Crippen molar-refractivity contribution in [2.45, 2.75) is 51.4 Å². The molecule has 0 radical (unpaired) electrons. The molecule has 216 valence electrons. The van der Waals surface area contributed by atoms with Gasteiger partial charge in [-0.25, -0.2) is 14.8 Å². The van der Waals surface area contributed by atoms with E-state index in [1.54, 1.807) is 33.6 Å². The fourth-order valence-electron chi connectivity index (χ4n) is 4.08. The number of aliphatic carboxylic acids is 1. The van der Waals surface area contributed by atoms with Gasteiger partial charge in [-0.05, 0) is 44.9 Å². The number of nitrogens with zero attached hydrogens (tertiary/aromatic N) is 4. The molecule has 1 aliphatic rings. The van der Waals surface area contributed by atoms with Gasteiger partial charge in [-0.3, -0.25) is 4.99 Å². The van der Waals surface area contributed by atoms with Crippen LogP contribution in [0.3, 0.4) is 0 Å². The minimum absolute atomic E-state index is 0.413. The van der Waals surface area contributed by atoms with Crippen molar-refractivity contribution in [1.29, 1.82) is 0 Å². The lowest BCUT2D eigenvalue weighted by atomic mass is 10.1. The van der Waals surface area contributed by atoms with Gasteiger partial charge >= 0.3 is 5.97 Å². The van der Waals surface area contributed by atoms with Crippen LogP contribution in [0.5, 0.6) is 11.5 Å².